The first-order valence-corrected chi connectivity index (χ1v) is 7.53. The van der Waals surface area contributed by atoms with Crippen LogP contribution >= 0.6 is 0 Å². The zero-order valence-electron chi connectivity index (χ0n) is 14.6. The van der Waals surface area contributed by atoms with Crippen molar-refractivity contribution in [2.45, 2.75) is 46.5 Å². The van der Waals surface area contributed by atoms with Crippen molar-refractivity contribution in [3.8, 4) is 6.07 Å². The molecule has 0 aliphatic heterocycles. The number of rotatable bonds is 8. The second kappa shape index (κ2) is 21.9. The predicted octanol–water partition coefficient (Wildman–Crippen LogP) is 4.12. The number of ether oxygens (including phenoxy) is 2. The van der Waals surface area contributed by atoms with E-state index < -0.39 is 0 Å². The van der Waals surface area contributed by atoms with Gasteiger partial charge >= 0.3 is 11.9 Å². The average Bonchev–Trinajstić information content (AvgIpc) is 2.55. The maximum absolute atomic E-state index is 10.7. The van der Waals surface area contributed by atoms with Crippen LogP contribution in [0, 0.1) is 11.3 Å². The molecule has 0 heterocycles. The maximum atomic E-state index is 10.7. The van der Waals surface area contributed by atoms with Crippen LogP contribution in [-0.4, -0.2) is 25.2 Å². The highest BCUT2D eigenvalue weighted by Gasteiger charge is 2.00. The summed E-state index contributed by atoms with van der Waals surface area (Å²) in [5, 5.41) is 7.51. The van der Waals surface area contributed by atoms with Crippen LogP contribution in [0.15, 0.2) is 37.5 Å². The molecular formula is C18H29NO4. The number of hydrogen-bond donors (Lipinski definition) is 0. The molecule has 0 spiro atoms. The van der Waals surface area contributed by atoms with Gasteiger partial charge in [-0.3, -0.25) is 0 Å². The topological polar surface area (TPSA) is 76.4 Å². The van der Waals surface area contributed by atoms with E-state index in [-0.39, 0.29) is 11.9 Å². The normalized spacial score (nSPS) is 7.91. The molecular weight excluding hydrogens is 294 g/mol. The fourth-order valence-electron chi connectivity index (χ4n) is 0.808. The molecule has 0 aliphatic carbocycles. The van der Waals surface area contributed by atoms with Crippen molar-refractivity contribution in [3.05, 3.63) is 37.5 Å². The SMILES string of the molecule is C=C(C)C(=O)OCCCC.C=CC#N.C=CC(=O)OCCCC. The maximum Gasteiger partial charge on any atom is 0.333 e. The number of nitrogens with zero attached hydrogens (tertiary/aromatic N) is 1. The second-order valence-corrected chi connectivity index (χ2v) is 4.33. The number of unbranched alkanes of at least 4 members (excludes halogenated alkanes) is 2. The molecule has 0 aromatic heterocycles. The summed E-state index contributed by atoms with van der Waals surface area (Å²) < 4.78 is 9.48. The van der Waals surface area contributed by atoms with Gasteiger partial charge in [0.15, 0.2) is 0 Å². The molecule has 0 rings (SSSR count). The molecule has 0 N–H and O–H groups in total. The smallest absolute Gasteiger partial charge is 0.333 e. The zero-order chi connectivity index (χ0) is 18.5. The first-order valence-electron chi connectivity index (χ1n) is 7.53. The van der Waals surface area contributed by atoms with Crippen molar-refractivity contribution in [2.24, 2.45) is 0 Å². The van der Waals surface area contributed by atoms with Crippen molar-refractivity contribution in [1.29, 1.82) is 5.26 Å². The Morgan fingerprint density at radius 2 is 1.52 bits per heavy atom. The van der Waals surface area contributed by atoms with Crippen LogP contribution in [-0.2, 0) is 19.1 Å². The molecule has 0 radical (unpaired) electrons. The van der Waals surface area contributed by atoms with E-state index in [9.17, 15) is 9.59 Å². The summed E-state index contributed by atoms with van der Waals surface area (Å²) >= 11 is 0. The third-order valence-electron chi connectivity index (χ3n) is 2.08. The van der Waals surface area contributed by atoms with Crippen molar-refractivity contribution >= 4 is 11.9 Å². The van der Waals surface area contributed by atoms with E-state index in [4.69, 9.17) is 10.00 Å². The lowest BCUT2D eigenvalue weighted by Crippen LogP contribution is -2.05. The van der Waals surface area contributed by atoms with Crippen molar-refractivity contribution < 1.29 is 19.1 Å². The first-order chi connectivity index (χ1) is 10.9. The molecule has 5 heteroatoms. The van der Waals surface area contributed by atoms with Gasteiger partial charge in [-0.2, -0.15) is 5.26 Å². The van der Waals surface area contributed by atoms with Gasteiger partial charge in [0.1, 0.15) is 0 Å². The lowest BCUT2D eigenvalue weighted by molar-refractivity contribution is -0.139. The molecule has 0 fully saturated rings. The fourth-order valence-corrected chi connectivity index (χ4v) is 0.808. The standard InChI is InChI=1S/C8H14O2.C7H12O2.C3H3N/c1-4-5-6-10-8(9)7(2)3;1-3-5-6-9-7(8)4-2;1-2-3-4/h2,4-6H2,1,3H3;4H,2-3,5-6H2,1H3;2H,1H2. The molecule has 23 heavy (non-hydrogen) atoms. The van der Waals surface area contributed by atoms with E-state index in [2.05, 4.69) is 31.4 Å². The minimum absolute atomic E-state index is 0.284. The molecule has 0 bridgehead atoms. The Morgan fingerprint density at radius 1 is 1.09 bits per heavy atom. The number of esters is 2. The summed E-state index contributed by atoms with van der Waals surface area (Å²) in [4.78, 5) is 21.0. The molecule has 0 atom stereocenters. The Morgan fingerprint density at radius 3 is 1.83 bits per heavy atom. The van der Waals surface area contributed by atoms with Gasteiger partial charge in [0, 0.05) is 17.7 Å². The van der Waals surface area contributed by atoms with Crippen LogP contribution in [0.5, 0.6) is 0 Å². The zero-order valence-corrected chi connectivity index (χ0v) is 14.6. The number of allylic oxidation sites excluding steroid dienone is 1. The Kier molecular flexibility index (Phi) is 24.4. The summed E-state index contributed by atoms with van der Waals surface area (Å²) in [6.45, 7) is 16.6. The van der Waals surface area contributed by atoms with E-state index in [1.165, 1.54) is 12.2 Å². The third-order valence-corrected chi connectivity index (χ3v) is 2.08. The third kappa shape index (κ3) is 28.5. The highest BCUT2D eigenvalue weighted by molar-refractivity contribution is 5.86. The predicted molar refractivity (Wildman–Crippen MR) is 92.6 cm³/mol. The van der Waals surface area contributed by atoms with Crippen LogP contribution in [0.2, 0.25) is 0 Å². The lowest BCUT2D eigenvalue weighted by atomic mass is 10.3. The summed E-state index contributed by atoms with van der Waals surface area (Å²) in [7, 11) is 0. The fraction of sp³-hybridized carbons (Fsp3) is 0.500. The molecule has 0 aromatic rings. The van der Waals surface area contributed by atoms with Gasteiger partial charge in [-0.25, -0.2) is 9.59 Å². The molecule has 0 aromatic carbocycles. The van der Waals surface area contributed by atoms with Crippen LogP contribution < -0.4 is 0 Å². The molecule has 130 valence electrons. The van der Waals surface area contributed by atoms with Gasteiger partial charge in [-0.1, -0.05) is 46.4 Å². The van der Waals surface area contributed by atoms with E-state index >= 15 is 0 Å². The summed E-state index contributed by atoms with van der Waals surface area (Å²) in [6.07, 6.45) is 6.31. The van der Waals surface area contributed by atoms with Crippen molar-refractivity contribution in [3.63, 3.8) is 0 Å². The summed E-state index contributed by atoms with van der Waals surface area (Å²) in [6, 6.07) is 1.69. The molecule has 0 saturated carbocycles. The summed E-state index contributed by atoms with van der Waals surface area (Å²) in [5.74, 6) is -0.614. The van der Waals surface area contributed by atoms with Gasteiger partial charge < -0.3 is 9.47 Å². The van der Waals surface area contributed by atoms with Gasteiger partial charge in [-0.15, -0.1) is 0 Å². The van der Waals surface area contributed by atoms with Crippen molar-refractivity contribution in [2.75, 3.05) is 13.2 Å². The van der Waals surface area contributed by atoms with Crippen LogP contribution in [0.3, 0.4) is 0 Å². The van der Waals surface area contributed by atoms with Crippen LogP contribution in [0.25, 0.3) is 0 Å². The van der Waals surface area contributed by atoms with Crippen molar-refractivity contribution in [1.82, 2.24) is 0 Å². The van der Waals surface area contributed by atoms with Gasteiger partial charge in [-0.05, 0) is 19.8 Å². The van der Waals surface area contributed by atoms with E-state index in [0.717, 1.165) is 25.7 Å². The highest BCUT2D eigenvalue weighted by atomic mass is 16.5. The van der Waals surface area contributed by atoms with Gasteiger partial charge in [0.05, 0.1) is 19.3 Å². The second-order valence-electron chi connectivity index (χ2n) is 4.33. The van der Waals surface area contributed by atoms with E-state index in [0.29, 0.717) is 18.8 Å². The lowest BCUT2D eigenvalue weighted by Gasteiger charge is -2.01. The first kappa shape index (κ1) is 25.6. The monoisotopic (exact) mass is 323 g/mol. The minimum atomic E-state index is -0.330. The quantitative estimate of drug-likeness (QED) is 0.291. The van der Waals surface area contributed by atoms with Gasteiger partial charge in [0.25, 0.3) is 0 Å². The number of hydrogen-bond acceptors (Lipinski definition) is 5. The Hall–Kier alpha value is -2.35. The molecule has 0 aliphatic rings. The average molecular weight is 323 g/mol. The highest BCUT2D eigenvalue weighted by Crippen LogP contribution is 1.94. The Labute approximate surface area is 140 Å². The number of carbonyl (C=O) groups excluding carboxylic acids is 2. The Bertz CT molecular complexity index is 394. The van der Waals surface area contributed by atoms with Crippen LogP contribution in [0.4, 0.5) is 0 Å². The van der Waals surface area contributed by atoms with Crippen LogP contribution in [0.1, 0.15) is 46.5 Å². The summed E-state index contributed by atoms with van der Waals surface area (Å²) in [5.41, 5.74) is 0.469. The molecule has 5 nitrogen and oxygen atoms in total. The largest absolute Gasteiger partial charge is 0.463 e. The minimum Gasteiger partial charge on any atom is -0.463 e. The molecule has 0 saturated heterocycles. The van der Waals surface area contributed by atoms with E-state index in [1.807, 2.05) is 6.92 Å². The molecule has 0 amide bonds. The van der Waals surface area contributed by atoms with E-state index in [1.54, 1.807) is 13.0 Å². The Balaban J connectivity index is -0.000000284. The molecule has 0 unspecified atom stereocenters. The number of nitriles is 1. The van der Waals surface area contributed by atoms with Gasteiger partial charge in [0.2, 0.25) is 0 Å². The number of carbonyl (C=O) groups is 2.